The van der Waals surface area contributed by atoms with Gasteiger partial charge in [0.1, 0.15) is 4.88 Å². The van der Waals surface area contributed by atoms with Gasteiger partial charge in [0.15, 0.2) is 0 Å². The molecule has 0 spiro atoms. The van der Waals surface area contributed by atoms with Gasteiger partial charge in [0.25, 0.3) is 0 Å². The topological polar surface area (TPSA) is 61.8 Å². The van der Waals surface area contributed by atoms with Gasteiger partial charge < -0.3 is 13.8 Å². The zero-order valence-corrected chi connectivity index (χ0v) is 17.7. The van der Waals surface area contributed by atoms with Crippen molar-refractivity contribution in [1.82, 2.24) is 0 Å². The number of rotatable bonds is 8. The average Bonchev–Trinajstić information content (AvgIpc) is 2.97. The third-order valence-corrected chi connectivity index (χ3v) is 7.21. The molecule has 0 aliphatic carbocycles. The maximum absolute atomic E-state index is 15.0. The van der Waals surface area contributed by atoms with E-state index in [0.29, 0.717) is 15.0 Å². The molecular weight excluding hydrogens is 453 g/mol. The molecule has 0 fully saturated rings. The molecule has 0 bridgehead atoms. The van der Waals surface area contributed by atoms with E-state index in [0.717, 1.165) is 11.3 Å². The largest absolute Gasteiger partial charge is 0.462 e. The molecule has 0 aliphatic rings. The van der Waals surface area contributed by atoms with Crippen LogP contribution in [0.2, 0.25) is 0 Å². The molecule has 5 nitrogen and oxygen atoms in total. The Hall–Kier alpha value is -0.860. The van der Waals surface area contributed by atoms with Crippen molar-refractivity contribution >= 4 is 50.9 Å². The Morgan fingerprint density at radius 2 is 1.77 bits per heavy atom. The average molecular weight is 471 g/mol. The maximum atomic E-state index is 15.0. The SMILES string of the molecule is CCOC(=O)c1cc2cc(Br)c(C(F)(F)P(=O)(OCC)OCC)cc2s1. The summed E-state index contributed by atoms with van der Waals surface area (Å²) in [4.78, 5) is 12.2. The molecule has 1 heterocycles. The molecule has 0 saturated heterocycles. The summed E-state index contributed by atoms with van der Waals surface area (Å²) in [5.74, 6) is -0.521. The number of esters is 1. The fourth-order valence-electron chi connectivity index (χ4n) is 2.28. The number of alkyl halides is 2. The molecule has 26 heavy (non-hydrogen) atoms. The van der Waals surface area contributed by atoms with Gasteiger partial charge >= 0.3 is 19.2 Å². The van der Waals surface area contributed by atoms with Crippen LogP contribution in [0, 0.1) is 0 Å². The van der Waals surface area contributed by atoms with Crippen LogP contribution in [-0.2, 0) is 24.0 Å². The fourth-order valence-corrected chi connectivity index (χ4v) is 5.58. The standard InChI is InChI=1S/C16H18BrF2O5PS/c1-4-22-15(20)14-8-10-7-12(17)11(9-13(10)26-14)16(18,19)25(21,23-5-2)24-6-3/h7-9H,4-6H2,1-3H3. The lowest BCUT2D eigenvalue weighted by Gasteiger charge is -2.26. The van der Waals surface area contributed by atoms with Gasteiger partial charge in [-0.1, -0.05) is 15.9 Å². The van der Waals surface area contributed by atoms with Crippen molar-refractivity contribution in [3.8, 4) is 0 Å². The van der Waals surface area contributed by atoms with Crippen molar-refractivity contribution in [2.75, 3.05) is 19.8 Å². The third kappa shape index (κ3) is 4.02. The molecule has 144 valence electrons. The van der Waals surface area contributed by atoms with Gasteiger partial charge in [-0.05, 0) is 44.4 Å². The number of carbonyl (C=O) groups is 1. The van der Waals surface area contributed by atoms with E-state index in [9.17, 15) is 9.36 Å². The first-order chi connectivity index (χ1) is 12.2. The van der Waals surface area contributed by atoms with Crippen LogP contribution in [0.25, 0.3) is 10.1 Å². The summed E-state index contributed by atoms with van der Waals surface area (Å²) in [7, 11) is -4.72. The number of benzene rings is 1. The Bertz CT molecular complexity index is 845. The molecule has 0 saturated carbocycles. The number of hydrogen-bond acceptors (Lipinski definition) is 6. The molecule has 0 radical (unpaired) electrons. The summed E-state index contributed by atoms with van der Waals surface area (Å²) < 4.78 is 57.7. The van der Waals surface area contributed by atoms with Crippen LogP contribution < -0.4 is 0 Å². The summed E-state index contributed by atoms with van der Waals surface area (Å²) in [5.41, 5.74) is -4.38. The van der Waals surface area contributed by atoms with E-state index in [2.05, 4.69) is 15.9 Å². The highest BCUT2D eigenvalue weighted by molar-refractivity contribution is 9.10. The van der Waals surface area contributed by atoms with Gasteiger partial charge in [0, 0.05) is 14.7 Å². The van der Waals surface area contributed by atoms with Crippen molar-refractivity contribution in [2.24, 2.45) is 0 Å². The second kappa shape index (κ2) is 8.44. The Balaban J connectivity index is 2.55. The monoisotopic (exact) mass is 470 g/mol. The van der Waals surface area contributed by atoms with Gasteiger partial charge in [-0.15, -0.1) is 11.3 Å². The minimum Gasteiger partial charge on any atom is -0.462 e. The molecular formula is C16H18BrF2O5PS. The molecule has 10 heteroatoms. The summed E-state index contributed by atoms with van der Waals surface area (Å²) in [6.45, 7) is 4.46. The molecule has 2 rings (SSSR count). The van der Waals surface area contributed by atoms with E-state index in [4.69, 9.17) is 13.8 Å². The van der Waals surface area contributed by atoms with E-state index in [1.165, 1.54) is 26.0 Å². The number of carbonyl (C=O) groups excluding carboxylic acids is 1. The van der Waals surface area contributed by atoms with Crippen LogP contribution >= 0.6 is 34.9 Å². The Morgan fingerprint density at radius 1 is 1.15 bits per heavy atom. The Morgan fingerprint density at radius 3 is 2.31 bits per heavy atom. The van der Waals surface area contributed by atoms with Gasteiger partial charge in [-0.25, -0.2) is 4.79 Å². The molecule has 0 N–H and O–H groups in total. The predicted molar refractivity (Wildman–Crippen MR) is 100 cm³/mol. The van der Waals surface area contributed by atoms with Crippen molar-refractivity contribution in [1.29, 1.82) is 0 Å². The van der Waals surface area contributed by atoms with Crippen LogP contribution in [0.5, 0.6) is 0 Å². The lowest BCUT2D eigenvalue weighted by molar-refractivity contribution is 0.0356. The summed E-state index contributed by atoms with van der Waals surface area (Å²) in [5, 5.41) is 0.590. The molecule has 0 amide bonds. The summed E-state index contributed by atoms with van der Waals surface area (Å²) >= 11 is 4.12. The highest BCUT2D eigenvalue weighted by Gasteiger charge is 2.55. The lowest BCUT2D eigenvalue weighted by atomic mass is 10.2. The minimum absolute atomic E-state index is 0.0443. The molecule has 0 aliphatic heterocycles. The second-order valence-corrected chi connectivity index (χ2v) is 9.09. The van der Waals surface area contributed by atoms with Crippen LogP contribution in [0.1, 0.15) is 36.0 Å². The highest BCUT2D eigenvalue weighted by atomic mass is 79.9. The summed E-state index contributed by atoms with van der Waals surface area (Å²) in [6, 6.07) is 4.20. The van der Waals surface area contributed by atoms with Crippen LogP contribution in [0.15, 0.2) is 22.7 Å². The number of fused-ring (bicyclic) bond motifs is 1. The highest BCUT2D eigenvalue weighted by Crippen LogP contribution is 2.67. The van der Waals surface area contributed by atoms with Crippen molar-refractivity contribution in [3.05, 3.63) is 33.1 Å². The van der Waals surface area contributed by atoms with E-state index in [1.807, 2.05) is 0 Å². The fraction of sp³-hybridized carbons (Fsp3) is 0.438. The predicted octanol–water partition coefficient (Wildman–Crippen LogP) is 6.16. The summed E-state index contributed by atoms with van der Waals surface area (Å²) in [6.07, 6.45) is 0. The second-order valence-electron chi connectivity index (χ2n) is 5.08. The van der Waals surface area contributed by atoms with E-state index >= 15 is 8.78 Å². The normalized spacial score (nSPS) is 12.5. The lowest BCUT2D eigenvalue weighted by Crippen LogP contribution is -2.19. The molecule has 2 aromatic rings. The van der Waals surface area contributed by atoms with Crippen molar-refractivity contribution in [2.45, 2.75) is 26.4 Å². The van der Waals surface area contributed by atoms with E-state index in [1.54, 1.807) is 13.0 Å². The zero-order chi connectivity index (χ0) is 19.5. The number of ether oxygens (including phenoxy) is 1. The first-order valence-corrected chi connectivity index (χ1v) is 11.0. The minimum atomic E-state index is -4.72. The number of halogens is 3. The van der Waals surface area contributed by atoms with Crippen molar-refractivity contribution < 1.29 is 31.9 Å². The molecule has 1 aromatic carbocycles. The number of hydrogen-bond donors (Lipinski definition) is 0. The quantitative estimate of drug-likeness (QED) is 0.341. The van der Waals surface area contributed by atoms with Gasteiger partial charge in [0.2, 0.25) is 0 Å². The van der Waals surface area contributed by atoms with E-state index < -0.39 is 24.8 Å². The van der Waals surface area contributed by atoms with Crippen LogP contribution in [0.3, 0.4) is 0 Å². The Kier molecular flexibility index (Phi) is 6.96. The maximum Gasteiger partial charge on any atom is 0.404 e. The molecule has 0 unspecified atom stereocenters. The van der Waals surface area contributed by atoms with Crippen molar-refractivity contribution in [3.63, 3.8) is 0 Å². The zero-order valence-electron chi connectivity index (χ0n) is 14.4. The van der Waals surface area contributed by atoms with Crippen LogP contribution in [0.4, 0.5) is 8.78 Å². The van der Waals surface area contributed by atoms with Gasteiger partial charge in [-0.3, -0.25) is 4.57 Å². The molecule has 0 atom stereocenters. The van der Waals surface area contributed by atoms with Crippen LogP contribution in [-0.4, -0.2) is 25.8 Å². The van der Waals surface area contributed by atoms with Gasteiger partial charge in [0.05, 0.1) is 19.8 Å². The first kappa shape index (κ1) is 21.4. The molecule has 1 aromatic heterocycles. The third-order valence-electron chi connectivity index (χ3n) is 3.35. The first-order valence-electron chi connectivity index (χ1n) is 7.87. The number of thiophene rings is 1. The van der Waals surface area contributed by atoms with Gasteiger partial charge in [-0.2, -0.15) is 8.78 Å². The smallest absolute Gasteiger partial charge is 0.404 e. The Labute approximate surface area is 162 Å². The van der Waals surface area contributed by atoms with E-state index in [-0.39, 0.29) is 24.3 Å².